The summed E-state index contributed by atoms with van der Waals surface area (Å²) in [5.74, 6) is 0. The Bertz CT molecular complexity index is 299. The van der Waals surface area contributed by atoms with Crippen molar-refractivity contribution >= 4 is 0 Å². The lowest BCUT2D eigenvalue weighted by Gasteiger charge is -2.19. The van der Waals surface area contributed by atoms with Gasteiger partial charge in [-0.1, -0.05) is 32.8 Å². The minimum Gasteiger partial charge on any atom is -0.301 e. The molecule has 0 aromatic rings. The van der Waals surface area contributed by atoms with Gasteiger partial charge in [0.1, 0.15) is 0 Å². The monoisotopic (exact) mass is 260 g/mol. The first-order chi connectivity index (χ1) is 9.26. The minimum absolute atomic E-state index is 0.569. The Morgan fingerprint density at radius 2 is 1.47 bits per heavy atom. The summed E-state index contributed by atoms with van der Waals surface area (Å²) in [6.07, 6.45) is 7.29. The van der Waals surface area contributed by atoms with E-state index in [0.717, 1.165) is 19.6 Å². The molecule has 0 unspecified atom stereocenters. The summed E-state index contributed by atoms with van der Waals surface area (Å²) < 4.78 is 0. The number of hydrogen-bond donors (Lipinski definition) is 0. The smallest absolute Gasteiger partial charge is 0.0905 e. The summed E-state index contributed by atoms with van der Waals surface area (Å²) in [5, 5.41) is 24.5. The Labute approximate surface area is 117 Å². The van der Waals surface area contributed by atoms with Crippen LogP contribution in [0.2, 0.25) is 0 Å². The van der Waals surface area contributed by atoms with Crippen LogP contribution in [0.25, 0.3) is 0 Å². The van der Waals surface area contributed by atoms with Crippen LogP contribution in [0.4, 0.5) is 0 Å². The van der Waals surface area contributed by atoms with E-state index in [0.29, 0.717) is 12.8 Å². The van der Waals surface area contributed by atoms with Gasteiger partial charge >= 0.3 is 0 Å². The van der Waals surface area contributed by atoms with Gasteiger partial charge in [0.05, 0.1) is 18.2 Å². The minimum atomic E-state index is 0.569. The van der Waals surface area contributed by atoms with Crippen LogP contribution in [-0.4, -0.2) is 24.5 Å². The predicted octanol–water partition coefficient (Wildman–Crippen LogP) is 3.39. The predicted molar refractivity (Wildman–Crippen MR) is 76.9 cm³/mol. The van der Waals surface area contributed by atoms with Crippen molar-refractivity contribution in [3.05, 3.63) is 12.7 Å². The third kappa shape index (κ3) is 18.7. The number of allylic oxidation sites excluding steroid dienone is 1. The van der Waals surface area contributed by atoms with Gasteiger partial charge in [0.25, 0.3) is 0 Å². The normalized spacial score (nSPS) is 8.58. The molecular formula is C15H24N4. The van der Waals surface area contributed by atoms with E-state index in [1.807, 2.05) is 0 Å². The van der Waals surface area contributed by atoms with Gasteiger partial charge in [0, 0.05) is 32.0 Å². The summed E-state index contributed by atoms with van der Waals surface area (Å²) in [6.45, 7) is 7.97. The SMILES string of the molecule is C=CC#N.CCCCCCN(CCC#N)CCC#N. The van der Waals surface area contributed by atoms with Crippen molar-refractivity contribution in [1.29, 1.82) is 15.8 Å². The molecule has 0 aliphatic heterocycles. The Kier molecular flexibility index (Phi) is 19.0. The molecule has 0 saturated heterocycles. The molecule has 0 spiro atoms. The first-order valence-corrected chi connectivity index (χ1v) is 6.73. The van der Waals surface area contributed by atoms with Crippen LogP contribution >= 0.6 is 0 Å². The molecule has 19 heavy (non-hydrogen) atoms. The first-order valence-electron chi connectivity index (χ1n) is 6.73. The van der Waals surface area contributed by atoms with Crippen molar-refractivity contribution in [1.82, 2.24) is 4.90 Å². The van der Waals surface area contributed by atoms with Gasteiger partial charge in [-0.3, -0.25) is 0 Å². The zero-order chi connectivity index (χ0) is 14.8. The highest BCUT2D eigenvalue weighted by Gasteiger charge is 2.03. The van der Waals surface area contributed by atoms with Gasteiger partial charge in [-0.05, 0) is 13.0 Å². The molecule has 0 amide bonds. The highest BCUT2D eigenvalue weighted by molar-refractivity contribution is 4.93. The van der Waals surface area contributed by atoms with E-state index >= 15 is 0 Å². The Morgan fingerprint density at radius 1 is 0.947 bits per heavy atom. The second kappa shape index (κ2) is 18.5. The summed E-state index contributed by atoms with van der Waals surface area (Å²) in [7, 11) is 0. The van der Waals surface area contributed by atoms with E-state index in [9.17, 15) is 0 Å². The van der Waals surface area contributed by atoms with Gasteiger partial charge < -0.3 is 4.90 Å². The van der Waals surface area contributed by atoms with Crippen LogP contribution in [-0.2, 0) is 0 Å². The lowest BCUT2D eigenvalue weighted by Crippen LogP contribution is -2.26. The Morgan fingerprint density at radius 3 is 1.84 bits per heavy atom. The molecule has 0 radical (unpaired) electrons. The third-order valence-corrected chi connectivity index (χ3v) is 2.50. The molecule has 0 aromatic carbocycles. The Hall–Kier alpha value is -1.83. The molecule has 0 saturated carbocycles. The molecule has 0 N–H and O–H groups in total. The highest BCUT2D eigenvalue weighted by Crippen LogP contribution is 2.02. The maximum atomic E-state index is 8.51. The molecule has 0 fully saturated rings. The molecule has 104 valence electrons. The van der Waals surface area contributed by atoms with E-state index < -0.39 is 0 Å². The summed E-state index contributed by atoms with van der Waals surface area (Å²) in [5.41, 5.74) is 0. The lowest BCUT2D eigenvalue weighted by molar-refractivity contribution is 0.279. The standard InChI is InChI=1S/C12H21N3.C3H3N/c1-2-3-4-5-10-15(11-6-8-13)12-7-9-14;1-2-3-4/h2-7,10-12H2,1H3;2H,1H2. The number of rotatable bonds is 9. The van der Waals surface area contributed by atoms with E-state index in [1.54, 1.807) is 6.07 Å². The number of hydrogen-bond acceptors (Lipinski definition) is 4. The Balaban J connectivity index is 0. The second-order valence-corrected chi connectivity index (χ2v) is 4.05. The van der Waals surface area contributed by atoms with E-state index in [-0.39, 0.29) is 0 Å². The van der Waals surface area contributed by atoms with Gasteiger partial charge in [-0.2, -0.15) is 15.8 Å². The van der Waals surface area contributed by atoms with Crippen molar-refractivity contribution in [3.8, 4) is 18.2 Å². The molecule has 0 aliphatic carbocycles. The molecular weight excluding hydrogens is 236 g/mol. The molecule has 0 aromatic heterocycles. The quantitative estimate of drug-likeness (QED) is 0.470. The summed E-state index contributed by atoms with van der Waals surface area (Å²) >= 11 is 0. The van der Waals surface area contributed by atoms with E-state index in [1.165, 1.54) is 31.8 Å². The molecule has 0 rings (SSSR count). The van der Waals surface area contributed by atoms with Gasteiger partial charge in [0.15, 0.2) is 0 Å². The fraction of sp³-hybridized carbons (Fsp3) is 0.667. The van der Waals surface area contributed by atoms with Gasteiger partial charge in [0.2, 0.25) is 0 Å². The second-order valence-electron chi connectivity index (χ2n) is 4.05. The maximum Gasteiger partial charge on any atom is 0.0905 e. The third-order valence-electron chi connectivity index (χ3n) is 2.50. The van der Waals surface area contributed by atoms with Crippen molar-refractivity contribution in [2.45, 2.75) is 45.4 Å². The van der Waals surface area contributed by atoms with Crippen LogP contribution < -0.4 is 0 Å². The van der Waals surface area contributed by atoms with Crippen LogP contribution in [0.3, 0.4) is 0 Å². The number of nitriles is 3. The van der Waals surface area contributed by atoms with Gasteiger partial charge in [-0.25, -0.2) is 0 Å². The van der Waals surface area contributed by atoms with Crippen LogP contribution in [0, 0.1) is 34.0 Å². The molecule has 0 bridgehead atoms. The zero-order valence-corrected chi connectivity index (χ0v) is 11.9. The average molecular weight is 260 g/mol. The lowest BCUT2D eigenvalue weighted by atomic mass is 10.2. The largest absolute Gasteiger partial charge is 0.301 e. The van der Waals surface area contributed by atoms with Crippen molar-refractivity contribution < 1.29 is 0 Å². The molecule has 0 aliphatic rings. The molecule has 0 heterocycles. The van der Waals surface area contributed by atoms with Crippen molar-refractivity contribution in [3.63, 3.8) is 0 Å². The fourth-order valence-corrected chi connectivity index (χ4v) is 1.51. The first kappa shape index (κ1) is 19.5. The molecule has 4 nitrogen and oxygen atoms in total. The molecule has 4 heteroatoms. The zero-order valence-electron chi connectivity index (χ0n) is 11.9. The van der Waals surface area contributed by atoms with Crippen molar-refractivity contribution in [2.24, 2.45) is 0 Å². The number of nitrogens with zero attached hydrogens (tertiary/aromatic N) is 4. The van der Waals surface area contributed by atoms with E-state index in [4.69, 9.17) is 15.8 Å². The molecule has 0 atom stereocenters. The topological polar surface area (TPSA) is 74.6 Å². The summed E-state index contributed by atoms with van der Waals surface area (Å²) in [4.78, 5) is 2.22. The summed E-state index contributed by atoms with van der Waals surface area (Å²) in [6, 6.07) is 6.00. The number of unbranched alkanes of at least 4 members (excludes halogenated alkanes) is 3. The van der Waals surface area contributed by atoms with Crippen LogP contribution in [0.15, 0.2) is 12.7 Å². The van der Waals surface area contributed by atoms with Crippen LogP contribution in [0.5, 0.6) is 0 Å². The maximum absolute atomic E-state index is 8.51. The van der Waals surface area contributed by atoms with Gasteiger partial charge in [-0.15, -0.1) is 0 Å². The highest BCUT2D eigenvalue weighted by atomic mass is 15.1. The van der Waals surface area contributed by atoms with Crippen LogP contribution in [0.1, 0.15) is 45.4 Å². The fourth-order valence-electron chi connectivity index (χ4n) is 1.51. The average Bonchev–Trinajstić information content (AvgIpc) is 2.45. The van der Waals surface area contributed by atoms with E-state index in [2.05, 4.69) is 30.5 Å². The van der Waals surface area contributed by atoms with Crippen molar-refractivity contribution in [2.75, 3.05) is 19.6 Å².